The van der Waals surface area contributed by atoms with E-state index in [0.29, 0.717) is 0 Å². The molecule has 1 aromatic carbocycles. The van der Waals surface area contributed by atoms with Gasteiger partial charge >= 0.3 is 0 Å². The average Bonchev–Trinajstić information content (AvgIpc) is 3.26. The highest BCUT2D eigenvalue weighted by Gasteiger charge is 2.14. The molecule has 2 heterocycles. The van der Waals surface area contributed by atoms with Crippen LogP contribution in [0.5, 0.6) is 0 Å². The van der Waals surface area contributed by atoms with Gasteiger partial charge in [-0.3, -0.25) is 4.79 Å². The molecule has 0 aliphatic carbocycles. The number of rotatable bonds is 7. The Hall–Kier alpha value is -2.45. The highest BCUT2D eigenvalue weighted by Crippen LogP contribution is 2.24. The van der Waals surface area contributed by atoms with E-state index in [2.05, 4.69) is 39.8 Å². The minimum absolute atomic E-state index is 0.173. The summed E-state index contributed by atoms with van der Waals surface area (Å²) in [6.45, 7) is 6.84. The van der Waals surface area contributed by atoms with Crippen LogP contribution in [0.1, 0.15) is 22.9 Å². The van der Waals surface area contributed by atoms with E-state index in [1.54, 1.807) is 17.6 Å². The molecule has 0 fully saturated rings. The lowest BCUT2D eigenvalue weighted by molar-refractivity contribution is -0.118. The van der Waals surface area contributed by atoms with Crippen molar-refractivity contribution in [1.82, 2.24) is 20.2 Å². The lowest BCUT2D eigenvalue weighted by Crippen LogP contribution is -2.20. The average molecular weight is 400 g/mol. The molecule has 0 bridgehead atoms. The van der Waals surface area contributed by atoms with Crippen molar-refractivity contribution in [2.75, 3.05) is 5.75 Å². The summed E-state index contributed by atoms with van der Waals surface area (Å²) < 4.78 is 2.01. The Morgan fingerprint density at radius 1 is 1.26 bits per heavy atom. The van der Waals surface area contributed by atoms with Gasteiger partial charge in [-0.15, -0.1) is 21.5 Å². The Balaban J connectivity index is 1.61. The monoisotopic (exact) mass is 399 g/mol. The van der Waals surface area contributed by atoms with E-state index in [-0.39, 0.29) is 11.7 Å². The van der Waals surface area contributed by atoms with Gasteiger partial charge < -0.3 is 4.57 Å². The zero-order valence-corrected chi connectivity index (χ0v) is 17.1. The SMILES string of the molecule is CCn1c(SCC(=O)NN=Cc2sccc2C)nnc1-c1ccc(C)cc1. The molecule has 6 nitrogen and oxygen atoms in total. The van der Waals surface area contributed by atoms with Crippen molar-refractivity contribution in [1.29, 1.82) is 0 Å². The summed E-state index contributed by atoms with van der Waals surface area (Å²) in [5.41, 5.74) is 5.92. The first kappa shape index (κ1) is 19.3. The number of aryl methyl sites for hydroxylation is 2. The van der Waals surface area contributed by atoms with E-state index in [1.165, 1.54) is 17.3 Å². The first-order valence-corrected chi connectivity index (χ1v) is 10.4. The van der Waals surface area contributed by atoms with Crippen LogP contribution in [0, 0.1) is 13.8 Å². The quantitative estimate of drug-likeness (QED) is 0.372. The molecule has 0 spiro atoms. The van der Waals surface area contributed by atoms with Crippen LogP contribution >= 0.6 is 23.1 Å². The smallest absolute Gasteiger partial charge is 0.250 e. The van der Waals surface area contributed by atoms with Gasteiger partial charge in [0.15, 0.2) is 11.0 Å². The Morgan fingerprint density at radius 3 is 2.70 bits per heavy atom. The summed E-state index contributed by atoms with van der Waals surface area (Å²) in [6, 6.07) is 10.2. The molecule has 27 heavy (non-hydrogen) atoms. The second-order valence-corrected chi connectivity index (χ2v) is 7.86. The Bertz CT molecular complexity index is 943. The molecule has 0 unspecified atom stereocenters. The molecule has 140 valence electrons. The maximum Gasteiger partial charge on any atom is 0.250 e. The molecule has 0 radical (unpaired) electrons. The third kappa shape index (κ3) is 4.84. The van der Waals surface area contributed by atoms with Crippen LogP contribution in [0.2, 0.25) is 0 Å². The molecule has 0 atom stereocenters. The van der Waals surface area contributed by atoms with Crippen LogP contribution in [0.15, 0.2) is 46.0 Å². The van der Waals surface area contributed by atoms with Crippen LogP contribution < -0.4 is 5.43 Å². The van der Waals surface area contributed by atoms with Gasteiger partial charge in [0.1, 0.15) is 0 Å². The topological polar surface area (TPSA) is 72.2 Å². The number of carbonyl (C=O) groups is 1. The molecular weight excluding hydrogens is 378 g/mol. The van der Waals surface area contributed by atoms with E-state index in [4.69, 9.17) is 0 Å². The van der Waals surface area contributed by atoms with Gasteiger partial charge in [0.05, 0.1) is 12.0 Å². The van der Waals surface area contributed by atoms with Gasteiger partial charge in [0, 0.05) is 17.0 Å². The normalized spacial score (nSPS) is 11.2. The summed E-state index contributed by atoms with van der Waals surface area (Å²) in [5, 5.41) is 15.3. The Kier molecular flexibility index (Phi) is 6.41. The van der Waals surface area contributed by atoms with E-state index in [0.717, 1.165) is 33.5 Å². The van der Waals surface area contributed by atoms with E-state index in [1.807, 2.05) is 42.0 Å². The van der Waals surface area contributed by atoms with Crippen molar-refractivity contribution in [3.05, 3.63) is 51.7 Å². The predicted molar refractivity (Wildman–Crippen MR) is 111 cm³/mol. The molecule has 1 N–H and O–H groups in total. The zero-order valence-electron chi connectivity index (χ0n) is 15.5. The Morgan fingerprint density at radius 2 is 2.04 bits per heavy atom. The molecule has 3 aromatic rings. The van der Waals surface area contributed by atoms with E-state index < -0.39 is 0 Å². The number of nitrogens with zero attached hydrogens (tertiary/aromatic N) is 4. The van der Waals surface area contributed by atoms with Crippen LogP contribution in [-0.4, -0.2) is 32.6 Å². The van der Waals surface area contributed by atoms with Crippen molar-refractivity contribution in [2.45, 2.75) is 32.5 Å². The number of carbonyl (C=O) groups excluding carboxylic acids is 1. The largest absolute Gasteiger partial charge is 0.302 e. The number of amides is 1. The Labute approximate surface area is 166 Å². The van der Waals surface area contributed by atoms with Crippen molar-refractivity contribution >= 4 is 35.2 Å². The maximum atomic E-state index is 12.0. The number of nitrogens with one attached hydrogen (secondary N) is 1. The standard InChI is InChI=1S/C19H21N5OS2/c1-4-24-18(15-7-5-13(2)6-8-15)22-23-19(24)27-12-17(25)21-20-11-16-14(3)9-10-26-16/h5-11H,4,12H2,1-3H3,(H,21,25). The summed E-state index contributed by atoms with van der Waals surface area (Å²) in [5.74, 6) is 0.867. The van der Waals surface area contributed by atoms with Crippen LogP contribution in [-0.2, 0) is 11.3 Å². The molecule has 2 aromatic heterocycles. The minimum atomic E-state index is -0.173. The molecule has 0 saturated carbocycles. The molecule has 8 heteroatoms. The fourth-order valence-corrected chi connectivity index (χ4v) is 4.02. The number of hydrazone groups is 1. The number of aromatic nitrogens is 3. The first-order valence-electron chi connectivity index (χ1n) is 8.57. The molecule has 0 aliphatic heterocycles. The number of hydrogen-bond donors (Lipinski definition) is 1. The highest BCUT2D eigenvalue weighted by molar-refractivity contribution is 7.99. The first-order chi connectivity index (χ1) is 13.1. The highest BCUT2D eigenvalue weighted by atomic mass is 32.2. The number of benzene rings is 1. The van der Waals surface area contributed by atoms with E-state index >= 15 is 0 Å². The summed E-state index contributed by atoms with van der Waals surface area (Å²) >= 11 is 2.95. The second kappa shape index (κ2) is 8.96. The molecule has 3 rings (SSSR count). The summed E-state index contributed by atoms with van der Waals surface area (Å²) in [6.07, 6.45) is 1.67. The van der Waals surface area contributed by atoms with Gasteiger partial charge in [-0.25, -0.2) is 5.43 Å². The third-order valence-electron chi connectivity index (χ3n) is 3.95. The molecule has 0 aliphatic rings. The predicted octanol–water partition coefficient (Wildman–Crippen LogP) is 3.89. The number of thiophene rings is 1. The number of hydrogen-bond acceptors (Lipinski definition) is 6. The second-order valence-electron chi connectivity index (χ2n) is 5.97. The van der Waals surface area contributed by atoms with Gasteiger partial charge in [-0.1, -0.05) is 41.6 Å². The maximum absolute atomic E-state index is 12.0. The molecular formula is C19H21N5OS2. The molecule has 1 amide bonds. The van der Waals surface area contributed by atoms with Gasteiger partial charge in [0.25, 0.3) is 5.91 Å². The number of thioether (sulfide) groups is 1. The summed E-state index contributed by atoms with van der Waals surface area (Å²) in [7, 11) is 0. The lowest BCUT2D eigenvalue weighted by atomic mass is 10.1. The summed E-state index contributed by atoms with van der Waals surface area (Å²) in [4.78, 5) is 13.1. The van der Waals surface area contributed by atoms with Gasteiger partial charge in [-0.05, 0) is 37.8 Å². The van der Waals surface area contributed by atoms with Crippen LogP contribution in [0.3, 0.4) is 0 Å². The molecule has 0 saturated heterocycles. The lowest BCUT2D eigenvalue weighted by Gasteiger charge is -2.07. The van der Waals surface area contributed by atoms with Crippen molar-refractivity contribution in [2.24, 2.45) is 5.10 Å². The van der Waals surface area contributed by atoms with Gasteiger partial charge in [-0.2, -0.15) is 5.10 Å². The van der Waals surface area contributed by atoms with Gasteiger partial charge in [0.2, 0.25) is 0 Å². The zero-order chi connectivity index (χ0) is 19.2. The van der Waals surface area contributed by atoms with Crippen LogP contribution in [0.4, 0.5) is 0 Å². The fraction of sp³-hybridized carbons (Fsp3) is 0.263. The van der Waals surface area contributed by atoms with E-state index in [9.17, 15) is 4.79 Å². The van der Waals surface area contributed by atoms with Crippen molar-refractivity contribution in [3.8, 4) is 11.4 Å². The van der Waals surface area contributed by atoms with Crippen molar-refractivity contribution < 1.29 is 4.79 Å². The minimum Gasteiger partial charge on any atom is -0.302 e. The van der Waals surface area contributed by atoms with Crippen LogP contribution in [0.25, 0.3) is 11.4 Å². The van der Waals surface area contributed by atoms with Crippen molar-refractivity contribution in [3.63, 3.8) is 0 Å². The third-order valence-corrected chi connectivity index (χ3v) is 5.87. The fourth-order valence-electron chi connectivity index (χ4n) is 2.44.